The number of carbonyl (C=O) groups excluding carboxylic acids is 1. The number of unbranched alkanes of at least 4 members (excludes halogenated alkanes) is 7. The lowest BCUT2D eigenvalue weighted by atomic mass is 9.49. The van der Waals surface area contributed by atoms with E-state index in [1.807, 2.05) is 0 Å². The third-order valence-electron chi connectivity index (χ3n) is 10.1. The summed E-state index contributed by atoms with van der Waals surface area (Å²) in [6.07, 6.45) is 30.9. The van der Waals surface area contributed by atoms with Crippen molar-refractivity contribution >= 4 is 5.97 Å². The molecule has 0 spiro atoms. The smallest absolute Gasteiger partial charge is 0.312 e. The molecule has 2 nitrogen and oxygen atoms in total. The molecule has 3 fully saturated rings. The molecular formula is C30H54O2. The molecule has 0 aromatic heterocycles. The van der Waals surface area contributed by atoms with Crippen molar-refractivity contribution in [1.82, 2.24) is 0 Å². The van der Waals surface area contributed by atoms with E-state index in [-0.39, 0.29) is 16.8 Å². The first kappa shape index (κ1) is 26.1. The summed E-state index contributed by atoms with van der Waals surface area (Å²) in [5, 5.41) is 0. The van der Waals surface area contributed by atoms with E-state index in [9.17, 15) is 4.79 Å². The van der Waals surface area contributed by atoms with Crippen molar-refractivity contribution in [2.75, 3.05) is 7.11 Å². The molecule has 3 saturated carbocycles. The van der Waals surface area contributed by atoms with Crippen LogP contribution in [0, 0.1) is 22.7 Å². The minimum atomic E-state index is -0.182. The lowest BCUT2D eigenvalue weighted by Crippen LogP contribution is -2.51. The molecule has 0 heterocycles. The van der Waals surface area contributed by atoms with Crippen molar-refractivity contribution in [2.24, 2.45) is 22.7 Å². The van der Waals surface area contributed by atoms with Gasteiger partial charge in [-0.15, -0.1) is 0 Å². The molecule has 186 valence electrons. The Kier molecular flexibility index (Phi) is 10.9. The molecule has 3 rings (SSSR count). The summed E-state index contributed by atoms with van der Waals surface area (Å²) in [6.45, 7) is 2.30. The molecule has 0 aliphatic heterocycles. The van der Waals surface area contributed by atoms with Crippen LogP contribution >= 0.6 is 0 Å². The van der Waals surface area contributed by atoms with Gasteiger partial charge >= 0.3 is 5.97 Å². The molecule has 0 aromatic carbocycles. The number of carbonyl (C=O) groups is 1. The van der Waals surface area contributed by atoms with Gasteiger partial charge in [-0.2, -0.15) is 0 Å². The maximum absolute atomic E-state index is 13.4. The average Bonchev–Trinajstić information content (AvgIpc) is 2.86. The van der Waals surface area contributed by atoms with Gasteiger partial charge in [-0.1, -0.05) is 110 Å². The predicted octanol–water partition coefficient (Wildman–Crippen LogP) is 9.40. The van der Waals surface area contributed by atoms with Crippen molar-refractivity contribution in [1.29, 1.82) is 0 Å². The molecule has 2 heteroatoms. The molecule has 0 aromatic rings. The lowest BCUT2D eigenvalue weighted by Gasteiger charge is -2.55. The Morgan fingerprint density at radius 1 is 0.688 bits per heavy atom. The second-order valence-electron chi connectivity index (χ2n) is 11.9. The fourth-order valence-corrected chi connectivity index (χ4v) is 8.14. The Labute approximate surface area is 200 Å². The average molecular weight is 447 g/mol. The molecule has 3 aliphatic rings. The molecule has 0 bridgehead atoms. The maximum Gasteiger partial charge on any atom is 0.312 e. The van der Waals surface area contributed by atoms with E-state index in [1.54, 1.807) is 7.11 Å². The van der Waals surface area contributed by atoms with Crippen molar-refractivity contribution in [3.05, 3.63) is 0 Å². The standard InChI is InChI=1S/C30H54O2/c1-3-4-5-6-7-8-9-14-21-29(30(28(31)32-2)22-15-11-16-23-30)24-19-27(20-25-29)26-17-12-10-13-18-26/h26-27H,3-25H2,1-2H3. The third kappa shape index (κ3) is 6.32. The van der Waals surface area contributed by atoms with E-state index < -0.39 is 0 Å². The molecule has 0 unspecified atom stereocenters. The summed E-state index contributed by atoms with van der Waals surface area (Å²) in [7, 11) is 1.65. The first-order chi connectivity index (χ1) is 15.7. The van der Waals surface area contributed by atoms with Crippen LogP contribution < -0.4 is 0 Å². The molecule has 0 radical (unpaired) electrons. The van der Waals surface area contributed by atoms with Gasteiger partial charge in [-0.3, -0.25) is 4.79 Å². The zero-order valence-corrected chi connectivity index (χ0v) is 21.7. The van der Waals surface area contributed by atoms with Crippen LogP contribution in [0.15, 0.2) is 0 Å². The van der Waals surface area contributed by atoms with Crippen LogP contribution in [0.4, 0.5) is 0 Å². The van der Waals surface area contributed by atoms with Gasteiger partial charge in [0.2, 0.25) is 0 Å². The summed E-state index contributed by atoms with van der Waals surface area (Å²) in [6, 6.07) is 0. The van der Waals surface area contributed by atoms with E-state index >= 15 is 0 Å². The summed E-state index contributed by atoms with van der Waals surface area (Å²) < 4.78 is 5.56. The Balaban J connectivity index is 1.63. The SMILES string of the molecule is CCCCCCCCCCC1(C2(C(=O)OC)CCCCC2)CCC(C2CCCCC2)CC1. The van der Waals surface area contributed by atoms with Gasteiger partial charge in [-0.05, 0) is 62.2 Å². The van der Waals surface area contributed by atoms with Gasteiger partial charge in [0.1, 0.15) is 0 Å². The van der Waals surface area contributed by atoms with E-state index in [0.717, 1.165) is 24.7 Å². The van der Waals surface area contributed by atoms with Crippen LogP contribution in [0.3, 0.4) is 0 Å². The lowest BCUT2D eigenvalue weighted by molar-refractivity contribution is -0.172. The third-order valence-corrected chi connectivity index (χ3v) is 10.1. The normalized spacial score (nSPS) is 29.0. The Morgan fingerprint density at radius 3 is 1.81 bits per heavy atom. The highest BCUT2D eigenvalue weighted by atomic mass is 16.5. The summed E-state index contributed by atoms with van der Waals surface area (Å²) in [5.41, 5.74) is 0.0343. The molecule has 0 amide bonds. The van der Waals surface area contributed by atoms with Crippen molar-refractivity contribution in [3.8, 4) is 0 Å². The summed E-state index contributed by atoms with van der Waals surface area (Å²) >= 11 is 0. The van der Waals surface area contributed by atoms with Crippen LogP contribution in [-0.2, 0) is 9.53 Å². The molecule has 3 aliphatic carbocycles. The highest BCUT2D eigenvalue weighted by Crippen LogP contribution is 2.61. The molecule has 0 N–H and O–H groups in total. The number of rotatable bonds is 12. The van der Waals surface area contributed by atoms with E-state index in [1.165, 1.54) is 135 Å². The van der Waals surface area contributed by atoms with Crippen molar-refractivity contribution in [3.63, 3.8) is 0 Å². The van der Waals surface area contributed by atoms with Crippen LogP contribution in [-0.4, -0.2) is 13.1 Å². The van der Waals surface area contributed by atoms with E-state index in [4.69, 9.17) is 4.74 Å². The minimum absolute atomic E-state index is 0.146. The Hall–Kier alpha value is -0.530. The molecule has 32 heavy (non-hydrogen) atoms. The molecule has 0 atom stereocenters. The maximum atomic E-state index is 13.4. The topological polar surface area (TPSA) is 26.3 Å². The van der Waals surface area contributed by atoms with Gasteiger partial charge < -0.3 is 4.74 Å². The van der Waals surface area contributed by atoms with E-state index in [0.29, 0.717) is 0 Å². The second-order valence-corrected chi connectivity index (χ2v) is 11.9. The summed E-state index contributed by atoms with van der Waals surface area (Å²) in [5.74, 6) is 2.05. The van der Waals surface area contributed by atoms with Crippen molar-refractivity contribution < 1.29 is 9.53 Å². The zero-order valence-electron chi connectivity index (χ0n) is 21.7. The predicted molar refractivity (Wildman–Crippen MR) is 136 cm³/mol. The van der Waals surface area contributed by atoms with Gasteiger partial charge in [0.15, 0.2) is 0 Å². The Morgan fingerprint density at radius 2 is 1.22 bits per heavy atom. The fourth-order valence-electron chi connectivity index (χ4n) is 8.14. The van der Waals surface area contributed by atoms with Gasteiger partial charge in [0.25, 0.3) is 0 Å². The molecule has 0 saturated heterocycles. The highest BCUT2D eigenvalue weighted by molar-refractivity contribution is 5.78. The summed E-state index contributed by atoms with van der Waals surface area (Å²) in [4.78, 5) is 13.4. The highest BCUT2D eigenvalue weighted by Gasteiger charge is 2.57. The first-order valence-corrected chi connectivity index (χ1v) is 14.8. The van der Waals surface area contributed by atoms with Gasteiger partial charge in [0.05, 0.1) is 12.5 Å². The van der Waals surface area contributed by atoms with Crippen LogP contribution in [0.25, 0.3) is 0 Å². The number of hydrogen-bond donors (Lipinski definition) is 0. The minimum Gasteiger partial charge on any atom is -0.469 e. The van der Waals surface area contributed by atoms with E-state index in [2.05, 4.69) is 6.92 Å². The number of esters is 1. The quantitative estimate of drug-likeness (QED) is 0.220. The van der Waals surface area contributed by atoms with Gasteiger partial charge in [-0.25, -0.2) is 0 Å². The monoisotopic (exact) mass is 446 g/mol. The van der Waals surface area contributed by atoms with Crippen LogP contribution in [0.5, 0.6) is 0 Å². The van der Waals surface area contributed by atoms with Crippen LogP contribution in [0.2, 0.25) is 0 Å². The zero-order chi connectivity index (χ0) is 22.7. The number of methoxy groups -OCH3 is 1. The Bertz CT molecular complexity index is 519. The van der Waals surface area contributed by atoms with Gasteiger partial charge in [0, 0.05) is 0 Å². The second kappa shape index (κ2) is 13.4. The number of hydrogen-bond acceptors (Lipinski definition) is 2. The number of ether oxygens (including phenoxy) is 1. The van der Waals surface area contributed by atoms with Crippen molar-refractivity contribution in [2.45, 2.75) is 155 Å². The van der Waals surface area contributed by atoms with Crippen LogP contribution in [0.1, 0.15) is 155 Å². The first-order valence-electron chi connectivity index (χ1n) is 14.8. The fraction of sp³-hybridized carbons (Fsp3) is 0.967. The largest absolute Gasteiger partial charge is 0.469 e. The molecular weight excluding hydrogens is 392 g/mol.